The van der Waals surface area contributed by atoms with Gasteiger partial charge in [-0.3, -0.25) is 14.6 Å². The maximum absolute atomic E-state index is 12.1. The second-order valence-electron chi connectivity index (χ2n) is 8.23. The molecular formula is C23H35N5O2. The third-order valence-electron chi connectivity index (χ3n) is 5.94. The van der Waals surface area contributed by atoms with E-state index in [9.17, 15) is 9.59 Å². The molecule has 0 spiro atoms. The van der Waals surface area contributed by atoms with Crippen LogP contribution in [0.2, 0.25) is 0 Å². The fourth-order valence-electron chi connectivity index (χ4n) is 4.23. The van der Waals surface area contributed by atoms with E-state index in [4.69, 9.17) is 0 Å². The maximum Gasteiger partial charge on any atom is 0.227 e. The summed E-state index contributed by atoms with van der Waals surface area (Å²) in [6, 6.07) is 8.07. The number of hydrogen-bond acceptors (Lipinski definition) is 3. The van der Waals surface area contributed by atoms with Crippen molar-refractivity contribution < 1.29 is 9.59 Å². The van der Waals surface area contributed by atoms with Crippen molar-refractivity contribution in [2.24, 2.45) is 10.9 Å². The Morgan fingerprint density at radius 2 is 1.77 bits per heavy atom. The Bertz CT molecular complexity index is 726. The van der Waals surface area contributed by atoms with Gasteiger partial charge in [-0.2, -0.15) is 0 Å². The lowest BCUT2D eigenvalue weighted by atomic mass is 9.87. The molecule has 0 aromatic heterocycles. The van der Waals surface area contributed by atoms with Crippen LogP contribution in [0, 0.1) is 5.92 Å². The summed E-state index contributed by atoms with van der Waals surface area (Å²) in [5.74, 6) is 1.63. The lowest BCUT2D eigenvalue weighted by molar-refractivity contribution is -0.122. The number of hydrogen-bond donors (Lipinski definition) is 3. The van der Waals surface area contributed by atoms with E-state index in [1.54, 1.807) is 7.05 Å². The molecule has 0 radical (unpaired) electrons. The molecule has 0 unspecified atom stereocenters. The minimum absolute atomic E-state index is 0.156. The SMILES string of the molecule is CN=C(NCCNC(=O)CC1CCCCC1)NCc1ccc(N2CCCC2=O)cc1. The minimum atomic E-state index is 0.156. The summed E-state index contributed by atoms with van der Waals surface area (Å²) in [7, 11) is 1.74. The first kappa shape index (κ1) is 22.1. The number of guanidine groups is 1. The average molecular weight is 414 g/mol. The van der Waals surface area contributed by atoms with E-state index in [2.05, 4.69) is 20.9 Å². The summed E-state index contributed by atoms with van der Waals surface area (Å²) in [4.78, 5) is 30.0. The molecule has 164 valence electrons. The third kappa shape index (κ3) is 6.75. The van der Waals surface area contributed by atoms with Crippen molar-refractivity contribution in [3.05, 3.63) is 29.8 Å². The highest BCUT2D eigenvalue weighted by Gasteiger charge is 2.21. The fourth-order valence-corrected chi connectivity index (χ4v) is 4.23. The molecule has 1 aromatic carbocycles. The molecule has 1 saturated carbocycles. The van der Waals surface area contributed by atoms with Crippen LogP contribution < -0.4 is 20.9 Å². The fraction of sp³-hybridized carbons (Fsp3) is 0.609. The molecule has 1 aliphatic carbocycles. The van der Waals surface area contributed by atoms with E-state index in [0.29, 0.717) is 44.4 Å². The van der Waals surface area contributed by atoms with E-state index in [1.807, 2.05) is 29.2 Å². The number of amides is 2. The first-order valence-corrected chi connectivity index (χ1v) is 11.3. The van der Waals surface area contributed by atoms with Gasteiger partial charge < -0.3 is 20.9 Å². The zero-order valence-electron chi connectivity index (χ0n) is 18.1. The van der Waals surface area contributed by atoms with Gasteiger partial charge in [0.15, 0.2) is 5.96 Å². The number of carbonyl (C=O) groups excluding carboxylic acids is 2. The van der Waals surface area contributed by atoms with Gasteiger partial charge in [0.2, 0.25) is 11.8 Å². The molecule has 0 atom stereocenters. The van der Waals surface area contributed by atoms with Crippen LogP contribution in [0.3, 0.4) is 0 Å². The van der Waals surface area contributed by atoms with Gasteiger partial charge in [0.25, 0.3) is 0 Å². The normalized spacial score (nSPS) is 17.8. The van der Waals surface area contributed by atoms with E-state index in [-0.39, 0.29) is 11.8 Å². The van der Waals surface area contributed by atoms with Crippen molar-refractivity contribution in [2.75, 3.05) is 31.6 Å². The van der Waals surface area contributed by atoms with Crippen LogP contribution in [0.5, 0.6) is 0 Å². The van der Waals surface area contributed by atoms with Crippen LogP contribution in [0.25, 0.3) is 0 Å². The van der Waals surface area contributed by atoms with E-state index < -0.39 is 0 Å². The van der Waals surface area contributed by atoms with Gasteiger partial charge in [0.1, 0.15) is 0 Å². The molecule has 2 fully saturated rings. The first-order chi connectivity index (χ1) is 14.7. The Morgan fingerprint density at radius 3 is 2.43 bits per heavy atom. The zero-order valence-corrected chi connectivity index (χ0v) is 18.1. The zero-order chi connectivity index (χ0) is 21.2. The van der Waals surface area contributed by atoms with Gasteiger partial charge in [-0.15, -0.1) is 0 Å². The molecule has 1 saturated heterocycles. The van der Waals surface area contributed by atoms with Crippen molar-refractivity contribution in [1.82, 2.24) is 16.0 Å². The Hall–Kier alpha value is -2.57. The van der Waals surface area contributed by atoms with Crippen molar-refractivity contribution in [1.29, 1.82) is 0 Å². The third-order valence-corrected chi connectivity index (χ3v) is 5.94. The molecule has 1 aliphatic heterocycles. The van der Waals surface area contributed by atoms with Gasteiger partial charge in [-0.05, 0) is 42.9 Å². The smallest absolute Gasteiger partial charge is 0.227 e. The van der Waals surface area contributed by atoms with Gasteiger partial charge in [0.05, 0.1) is 0 Å². The first-order valence-electron chi connectivity index (χ1n) is 11.3. The molecule has 7 heteroatoms. The number of nitrogens with zero attached hydrogens (tertiary/aromatic N) is 2. The van der Waals surface area contributed by atoms with Crippen molar-refractivity contribution >= 4 is 23.5 Å². The topological polar surface area (TPSA) is 85.8 Å². The summed E-state index contributed by atoms with van der Waals surface area (Å²) in [5, 5.41) is 9.52. The molecule has 7 nitrogen and oxygen atoms in total. The Morgan fingerprint density at radius 1 is 1.03 bits per heavy atom. The summed E-state index contributed by atoms with van der Waals surface area (Å²) in [6.45, 7) is 2.67. The van der Waals surface area contributed by atoms with Gasteiger partial charge in [-0.1, -0.05) is 31.4 Å². The molecule has 0 bridgehead atoms. The predicted molar refractivity (Wildman–Crippen MR) is 120 cm³/mol. The quantitative estimate of drug-likeness (QED) is 0.347. The molecule has 2 amide bonds. The number of rotatable bonds is 8. The van der Waals surface area contributed by atoms with E-state index >= 15 is 0 Å². The Labute approximate surface area is 179 Å². The van der Waals surface area contributed by atoms with Crippen LogP contribution in [-0.2, 0) is 16.1 Å². The van der Waals surface area contributed by atoms with Crippen LogP contribution >= 0.6 is 0 Å². The Balaban J connectivity index is 1.32. The number of anilines is 1. The molecule has 2 aliphatic rings. The Kier molecular flexibility index (Phi) is 8.53. The van der Waals surface area contributed by atoms with Gasteiger partial charge in [0, 0.05) is 51.8 Å². The van der Waals surface area contributed by atoms with E-state index in [1.165, 1.54) is 32.1 Å². The average Bonchev–Trinajstić information content (AvgIpc) is 3.20. The number of nitrogens with one attached hydrogen (secondary N) is 3. The van der Waals surface area contributed by atoms with Gasteiger partial charge >= 0.3 is 0 Å². The van der Waals surface area contributed by atoms with Crippen LogP contribution in [0.15, 0.2) is 29.3 Å². The van der Waals surface area contributed by atoms with Gasteiger partial charge in [-0.25, -0.2) is 0 Å². The van der Waals surface area contributed by atoms with Crippen molar-refractivity contribution in [2.45, 2.75) is 57.9 Å². The number of benzene rings is 1. The lowest BCUT2D eigenvalue weighted by Gasteiger charge is -2.21. The molecule has 1 heterocycles. The highest BCUT2D eigenvalue weighted by atomic mass is 16.2. The summed E-state index contributed by atoms with van der Waals surface area (Å²) in [6.07, 6.45) is 8.47. The standard InChI is InChI=1S/C23H35N5O2/c1-24-23(26-14-13-25-21(29)16-18-6-3-2-4-7-18)27-17-19-9-11-20(12-10-19)28-15-5-8-22(28)30/h9-12,18H,2-8,13-17H2,1H3,(H,25,29)(H2,24,26,27). The number of aliphatic imine (C=N–C) groups is 1. The second-order valence-corrected chi connectivity index (χ2v) is 8.23. The highest BCUT2D eigenvalue weighted by molar-refractivity contribution is 5.95. The minimum Gasteiger partial charge on any atom is -0.355 e. The predicted octanol–water partition coefficient (Wildman–Crippen LogP) is 2.56. The summed E-state index contributed by atoms with van der Waals surface area (Å²) < 4.78 is 0. The van der Waals surface area contributed by atoms with Crippen LogP contribution in [0.1, 0.15) is 56.9 Å². The second kappa shape index (κ2) is 11.6. The maximum atomic E-state index is 12.1. The molecule has 3 N–H and O–H groups in total. The molecular weight excluding hydrogens is 378 g/mol. The van der Waals surface area contributed by atoms with Crippen molar-refractivity contribution in [3.8, 4) is 0 Å². The summed E-state index contributed by atoms with van der Waals surface area (Å²) in [5.41, 5.74) is 2.09. The molecule has 1 aromatic rings. The number of carbonyl (C=O) groups is 2. The summed E-state index contributed by atoms with van der Waals surface area (Å²) >= 11 is 0. The molecule has 30 heavy (non-hydrogen) atoms. The highest BCUT2D eigenvalue weighted by Crippen LogP contribution is 2.26. The largest absolute Gasteiger partial charge is 0.355 e. The molecule has 3 rings (SSSR count). The monoisotopic (exact) mass is 413 g/mol. The van der Waals surface area contributed by atoms with E-state index in [0.717, 1.165) is 24.2 Å². The lowest BCUT2D eigenvalue weighted by Crippen LogP contribution is -2.41. The van der Waals surface area contributed by atoms with Crippen LogP contribution in [-0.4, -0.2) is 44.5 Å². The van der Waals surface area contributed by atoms with Crippen LogP contribution in [0.4, 0.5) is 5.69 Å². The van der Waals surface area contributed by atoms with Crippen molar-refractivity contribution in [3.63, 3.8) is 0 Å².